The van der Waals surface area contributed by atoms with Crippen molar-refractivity contribution in [3.05, 3.63) is 47.8 Å². The molecule has 182 valence electrons. The van der Waals surface area contributed by atoms with E-state index in [2.05, 4.69) is 4.98 Å². The summed E-state index contributed by atoms with van der Waals surface area (Å²) < 4.78 is 45.2. The van der Waals surface area contributed by atoms with Crippen molar-refractivity contribution in [2.24, 2.45) is 0 Å². The van der Waals surface area contributed by atoms with Crippen molar-refractivity contribution in [3.8, 4) is 11.5 Å². The van der Waals surface area contributed by atoms with Crippen molar-refractivity contribution in [3.63, 3.8) is 0 Å². The van der Waals surface area contributed by atoms with Crippen molar-refractivity contribution < 1.29 is 32.5 Å². The van der Waals surface area contributed by atoms with Gasteiger partial charge in [-0.3, -0.25) is 0 Å². The number of methoxy groups -OCH3 is 1. The molecular formula is C23H27N3O7S. The van der Waals surface area contributed by atoms with E-state index in [1.54, 1.807) is 18.2 Å². The summed E-state index contributed by atoms with van der Waals surface area (Å²) in [5.74, 6) is -0.0432. The second kappa shape index (κ2) is 10.00. The van der Waals surface area contributed by atoms with Gasteiger partial charge in [-0.2, -0.15) is 4.31 Å². The minimum Gasteiger partial charge on any atom is -0.507 e. The number of phenols is 1. The van der Waals surface area contributed by atoms with E-state index >= 15 is 0 Å². The van der Waals surface area contributed by atoms with E-state index in [0.717, 1.165) is 11.9 Å². The number of morpholine rings is 1. The van der Waals surface area contributed by atoms with Crippen LogP contribution in [0.5, 0.6) is 11.5 Å². The first-order valence-electron chi connectivity index (χ1n) is 11.0. The predicted molar refractivity (Wildman–Crippen MR) is 123 cm³/mol. The van der Waals surface area contributed by atoms with Gasteiger partial charge in [0.15, 0.2) is 0 Å². The molecule has 0 radical (unpaired) electrons. The fourth-order valence-corrected chi connectivity index (χ4v) is 5.28. The number of imidazole rings is 1. The summed E-state index contributed by atoms with van der Waals surface area (Å²) >= 11 is 0. The number of carbonyl (C=O) groups excluding carboxylic acids is 1. The Hall–Kier alpha value is -3.15. The molecule has 1 aliphatic heterocycles. The van der Waals surface area contributed by atoms with Gasteiger partial charge < -0.3 is 23.9 Å². The number of nitrogens with zero attached hydrogens (tertiary/aromatic N) is 3. The van der Waals surface area contributed by atoms with Crippen LogP contribution in [0.25, 0.3) is 11.0 Å². The van der Waals surface area contributed by atoms with E-state index < -0.39 is 16.0 Å². The number of ether oxygens (including phenoxy) is 3. The third-order valence-corrected chi connectivity index (χ3v) is 7.50. The zero-order valence-corrected chi connectivity index (χ0v) is 19.9. The maximum atomic E-state index is 13.0. The zero-order valence-electron chi connectivity index (χ0n) is 19.1. The number of benzene rings is 2. The highest BCUT2D eigenvalue weighted by Gasteiger charge is 2.27. The number of carbonyl (C=O) groups is 1. The van der Waals surface area contributed by atoms with Gasteiger partial charge in [0.05, 0.1) is 36.3 Å². The summed E-state index contributed by atoms with van der Waals surface area (Å²) in [6.07, 6.45) is 0.802. The number of rotatable bonds is 8. The van der Waals surface area contributed by atoms with E-state index in [0.29, 0.717) is 49.9 Å². The van der Waals surface area contributed by atoms with Gasteiger partial charge in [0.2, 0.25) is 10.0 Å². The van der Waals surface area contributed by atoms with E-state index in [1.165, 1.54) is 29.6 Å². The summed E-state index contributed by atoms with van der Waals surface area (Å²) in [6, 6.07) is 9.14. The van der Waals surface area contributed by atoms with Crippen molar-refractivity contribution in [1.29, 1.82) is 0 Å². The van der Waals surface area contributed by atoms with Gasteiger partial charge in [-0.1, -0.05) is 6.92 Å². The number of aryl methyl sites for hydroxylation is 1. The molecule has 0 bridgehead atoms. The van der Waals surface area contributed by atoms with Gasteiger partial charge in [0.1, 0.15) is 29.5 Å². The zero-order chi connectivity index (χ0) is 24.3. The Labute approximate surface area is 197 Å². The van der Waals surface area contributed by atoms with Crippen LogP contribution in [0.2, 0.25) is 0 Å². The molecule has 0 spiro atoms. The molecular weight excluding hydrogens is 462 g/mol. The molecule has 0 saturated carbocycles. The molecule has 0 amide bonds. The van der Waals surface area contributed by atoms with Crippen molar-refractivity contribution in [2.45, 2.75) is 31.4 Å². The van der Waals surface area contributed by atoms with Crippen LogP contribution >= 0.6 is 0 Å². The second-order valence-corrected chi connectivity index (χ2v) is 9.74. The lowest BCUT2D eigenvalue weighted by molar-refractivity contribution is 0.0454. The third kappa shape index (κ3) is 4.72. The smallest absolute Gasteiger partial charge is 0.342 e. The first-order valence-corrected chi connectivity index (χ1v) is 12.4. The number of hydrogen-bond donors (Lipinski definition) is 1. The number of phenolic OH excluding ortho intramolecular Hbond substituents is 1. The van der Waals surface area contributed by atoms with E-state index in [4.69, 9.17) is 14.2 Å². The standard InChI is InChI=1S/C23H27N3O7S/c1-3-8-26-20-6-5-17(34(29,30)25-9-11-32-12-10-25)14-19(20)24-22(26)15-33-23(28)18-13-16(31-2)4-7-21(18)27/h4-7,13-14,27H,3,8-12,15H2,1-2H3. The average molecular weight is 490 g/mol. The van der Waals surface area contributed by atoms with Crippen LogP contribution in [0.4, 0.5) is 0 Å². The monoisotopic (exact) mass is 489 g/mol. The first-order chi connectivity index (χ1) is 16.3. The Balaban J connectivity index is 1.61. The molecule has 0 atom stereocenters. The van der Waals surface area contributed by atoms with Crippen LogP contribution in [0.1, 0.15) is 29.5 Å². The number of sulfonamides is 1. The lowest BCUT2D eigenvalue weighted by Crippen LogP contribution is -2.40. The average Bonchev–Trinajstić information content (AvgIpc) is 3.20. The Bertz CT molecular complexity index is 1300. The Morgan fingerprint density at radius 3 is 2.65 bits per heavy atom. The maximum absolute atomic E-state index is 13.0. The molecule has 1 aliphatic rings. The normalized spacial score (nSPS) is 14.9. The third-order valence-electron chi connectivity index (χ3n) is 5.61. The second-order valence-electron chi connectivity index (χ2n) is 7.81. The molecule has 10 nitrogen and oxygen atoms in total. The van der Waals surface area contributed by atoms with Crippen LogP contribution in [0.15, 0.2) is 41.3 Å². The van der Waals surface area contributed by atoms with Gasteiger partial charge in [0.25, 0.3) is 0 Å². The van der Waals surface area contributed by atoms with E-state index in [1.807, 2.05) is 11.5 Å². The van der Waals surface area contributed by atoms with Gasteiger partial charge >= 0.3 is 5.97 Å². The fourth-order valence-electron chi connectivity index (χ4n) is 3.85. The fraction of sp³-hybridized carbons (Fsp3) is 0.391. The highest BCUT2D eigenvalue weighted by molar-refractivity contribution is 7.89. The summed E-state index contributed by atoms with van der Waals surface area (Å²) in [7, 11) is -2.20. The van der Waals surface area contributed by atoms with Gasteiger partial charge in [-0.05, 0) is 42.8 Å². The number of aromatic nitrogens is 2. The molecule has 1 saturated heterocycles. The summed E-state index contributed by atoms with van der Waals surface area (Å²) in [4.78, 5) is 17.3. The van der Waals surface area contributed by atoms with E-state index in [9.17, 15) is 18.3 Å². The number of hydrogen-bond acceptors (Lipinski definition) is 8. The highest BCUT2D eigenvalue weighted by atomic mass is 32.2. The number of fused-ring (bicyclic) bond motifs is 1. The van der Waals surface area contributed by atoms with Crippen molar-refractivity contribution in [1.82, 2.24) is 13.9 Å². The number of esters is 1. The van der Waals surface area contributed by atoms with Crippen LogP contribution in [0.3, 0.4) is 0 Å². The molecule has 2 aromatic carbocycles. The Kier molecular flexibility index (Phi) is 7.05. The molecule has 11 heteroatoms. The molecule has 1 aromatic heterocycles. The van der Waals surface area contributed by atoms with Crippen LogP contribution in [-0.2, 0) is 32.6 Å². The molecule has 1 N–H and O–H groups in total. The molecule has 4 rings (SSSR count). The first kappa shape index (κ1) is 24.0. The number of aromatic hydroxyl groups is 1. The summed E-state index contributed by atoms with van der Waals surface area (Å²) in [5, 5.41) is 10.0. The van der Waals surface area contributed by atoms with Crippen LogP contribution < -0.4 is 4.74 Å². The van der Waals surface area contributed by atoms with E-state index in [-0.39, 0.29) is 22.8 Å². The van der Waals surface area contributed by atoms with Gasteiger partial charge in [-0.15, -0.1) is 0 Å². The maximum Gasteiger partial charge on any atom is 0.342 e. The summed E-state index contributed by atoms with van der Waals surface area (Å²) in [5.41, 5.74) is 1.23. The quantitative estimate of drug-likeness (QED) is 0.480. The SMILES string of the molecule is CCCn1c(COC(=O)c2cc(OC)ccc2O)nc2cc(S(=O)(=O)N3CCOCC3)ccc21. The van der Waals surface area contributed by atoms with Crippen molar-refractivity contribution >= 4 is 27.0 Å². The predicted octanol–water partition coefficient (Wildman–Crippen LogP) is 2.54. The van der Waals surface area contributed by atoms with Gasteiger partial charge in [-0.25, -0.2) is 18.2 Å². The topological polar surface area (TPSA) is 120 Å². The highest BCUT2D eigenvalue weighted by Crippen LogP contribution is 2.26. The van der Waals surface area contributed by atoms with Crippen LogP contribution in [-0.4, -0.2) is 66.8 Å². The lowest BCUT2D eigenvalue weighted by atomic mass is 10.2. The molecule has 2 heterocycles. The summed E-state index contributed by atoms with van der Waals surface area (Å²) in [6.45, 7) is 3.83. The minimum atomic E-state index is -3.66. The largest absolute Gasteiger partial charge is 0.507 e. The van der Waals surface area contributed by atoms with Gasteiger partial charge in [0, 0.05) is 19.6 Å². The minimum absolute atomic E-state index is 0.0172. The van der Waals surface area contributed by atoms with Crippen LogP contribution in [0, 0.1) is 0 Å². The molecule has 0 aliphatic carbocycles. The van der Waals surface area contributed by atoms with Crippen molar-refractivity contribution in [2.75, 3.05) is 33.4 Å². The molecule has 3 aromatic rings. The Morgan fingerprint density at radius 2 is 1.94 bits per heavy atom. The molecule has 0 unspecified atom stereocenters. The molecule has 1 fully saturated rings. The molecule has 34 heavy (non-hydrogen) atoms. The lowest BCUT2D eigenvalue weighted by Gasteiger charge is -2.26. The Morgan fingerprint density at radius 1 is 1.18 bits per heavy atom.